The van der Waals surface area contributed by atoms with Gasteiger partial charge in [-0.25, -0.2) is 15.0 Å². The van der Waals surface area contributed by atoms with Crippen LogP contribution in [0.2, 0.25) is 0 Å². The lowest BCUT2D eigenvalue weighted by Gasteiger charge is -2.13. The van der Waals surface area contributed by atoms with Gasteiger partial charge in [0.05, 0.1) is 5.52 Å². The van der Waals surface area contributed by atoms with Crippen LogP contribution in [0.5, 0.6) is 0 Å². The van der Waals surface area contributed by atoms with E-state index in [2.05, 4.69) is 83.4 Å². The summed E-state index contributed by atoms with van der Waals surface area (Å²) in [7, 11) is 0. The number of benzene rings is 5. The van der Waals surface area contributed by atoms with E-state index in [1.807, 2.05) is 54.6 Å². The number of rotatable bonds is 4. The summed E-state index contributed by atoms with van der Waals surface area (Å²) in [5, 5.41) is 3.49. The summed E-state index contributed by atoms with van der Waals surface area (Å²) in [6, 6.07) is 41.6. The van der Waals surface area contributed by atoms with E-state index < -0.39 is 0 Å². The SMILES string of the molecule is C1=Cc2c(c3ccccc3n2-c2cccc(-c3nc(-c4ccccc4)nc(-c4ccc5c(c4)oc4ccccc45)n3)c2)CC1. The number of hydrogen-bond donors (Lipinski definition) is 0. The van der Waals surface area contributed by atoms with Gasteiger partial charge in [-0.2, -0.15) is 0 Å². The molecule has 5 heteroatoms. The first-order chi connectivity index (χ1) is 21.8. The Kier molecular flexibility index (Phi) is 5.56. The highest BCUT2D eigenvalue weighted by molar-refractivity contribution is 6.05. The summed E-state index contributed by atoms with van der Waals surface area (Å²) in [5.41, 5.74) is 9.37. The van der Waals surface area contributed by atoms with Crippen LogP contribution in [-0.2, 0) is 6.42 Å². The molecule has 0 radical (unpaired) electrons. The zero-order valence-electron chi connectivity index (χ0n) is 23.8. The van der Waals surface area contributed by atoms with Gasteiger partial charge in [0, 0.05) is 44.2 Å². The monoisotopic (exact) mass is 566 g/mol. The second kappa shape index (κ2) is 9.89. The van der Waals surface area contributed by atoms with E-state index in [9.17, 15) is 0 Å². The quantitative estimate of drug-likeness (QED) is 0.213. The Balaban J connectivity index is 1.22. The van der Waals surface area contributed by atoms with E-state index >= 15 is 0 Å². The summed E-state index contributed by atoms with van der Waals surface area (Å²) >= 11 is 0. The van der Waals surface area contributed by atoms with Crippen molar-refractivity contribution in [2.75, 3.05) is 0 Å². The molecule has 0 saturated heterocycles. The van der Waals surface area contributed by atoms with Crippen LogP contribution >= 0.6 is 0 Å². The third-order valence-electron chi connectivity index (χ3n) is 8.52. The van der Waals surface area contributed by atoms with Crippen LogP contribution in [0.15, 0.2) is 132 Å². The van der Waals surface area contributed by atoms with Gasteiger partial charge in [-0.15, -0.1) is 0 Å². The second-order valence-corrected chi connectivity index (χ2v) is 11.2. The normalized spacial score (nSPS) is 12.7. The van der Waals surface area contributed by atoms with E-state index in [1.54, 1.807) is 0 Å². The van der Waals surface area contributed by atoms with Gasteiger partial charge in [0.1, 0.15) is 11.2 Å². The van der Waals surface area contributed by atoms with Gasteiger partial charge >= 0.3 is 0 Å². The highest BCUT2D eigenvalue weighted by Gasteiger charge is 2.19. The maximum atomic E-state index is 6.20. The van der Waals surface area contributed by atoms with Crippen LogP contribution in [0.4, 0.5) is 0 Å². The van der Waals surface area contributed by atoms with Crippen molar-refractivity contribution >= 4 is 38.9 Å². The van der Waals surface area contributed by atoms with Crippen molar-refractivity contribution in [3.63, 3.8) is 0 Å². The van der Waals surface area contributed by atoms with E-state index in [1.165, 1.54) is 22.2 Å². The summed E-state index contributed by atoms with van der Waals surface area (Å²) < 4.78 is 8.56. The molecule has 208 valence electrons. The van der Waals surface area contributed by atoms with Crippen LogP contribution in [0.3, 0.4) is 0 Å². The number of para-hydroxylation sites is 2. The van der Waals surface area contributed by atoms with Crippen molar-refractivity contribution in [1.82, 2.24) is 19.5 Å². The molecule has 3 aromatic heterocycles. The predicted octanol–water partition coefficient (Wildman–Crippen LogP) is 9.68. The van der Waals surface area contributed by atoms with Gasteiger partial charge < -0.3 is 8.98 Å². The molecular weight excluding hydrogens is 540 g/mol. The van der Waals surface area contributed by atoms with Crippen molar-refractivity contribution < 1.29 is 4.42 Å². The molecule has 0 aliphatic heterocycles. The van der Waals surface area contributed by atoms with E-state index in [0.29, 0.717) is 17.5 Å². The molecule has 44 heavy (non-hydrogen) atoms. The number of aryl methyl sites for hydroxylation is 1. The van der Waals surface area contributed by atoms with Gasteiger partial charge in [0.2, 0.25) is 0 Å². The average Bonchev–Trinajstić information content (AvgIpc) is 3.64. The molecule has 0 fully saturated rings. The van der Waals surface area contributed by atoms with Crippen LogP contribution in [0.25, 0.3) is 78.8 Å². The zero-order valence-corrected chi connectivity index (χ0v) is 23.8. The molecule has 0 saturated carbocycles. The van der Waals surface area contributed by atoms with Crippen molar-refractivity contribution in [3.8, 4) is 39.9 Å². The summed E-state index contributed by atoms with van der Waals surface area (Å²) in [6.45, 7) is 0. The molecule has 0 atom stereocenters. The van der Waals surface area contributed by atoms with E-state index in [-0.39, 0.29) is 0 Å². The molecule has 1 aliphatic carbocycles. The molecule has 0 amide bonds. The number of hydrogen-bond acceptors (Lipinski definition) is 4. The molecule has 1 aliphatic rings. The van der Waals surface area contributed by atoms with Gasteiger partial charge in [0.15, 0.2) is 17.5 Å². The third kappa shape index (κ3) is 3.97. The topological polar surface area (TPSA) is 56.7 Å². The zero-order chi connectivity index (χ0) is 29.0. The van der Waals surface area contributed by atoms with Crippen molar-refractivity contribution in [2.45, 2.75) is 12.8 Å². The van der Waals surface area contributed by atoms with Gasteiger partial charge in [-0.3, -0.25) is 0 Å². The first-order valence-electron chi connectivity index (χ1n) is 14.9. The molecular formula is C39H26N4O. The lowest BCUT2D eigenvalue weighted by molar-refractivity contribution is 0.669. The maximum absolute atomic E-state index is 6.20. The first-order valence-corrected chi connectivity index (χ1v) is 14.9. The van der Waals surface area contributed by atoms with Gasteiger partial charge in [0.25, 0.3) is 0 Å². The molecule has 0 spiro atoms. The molecule has 0 bridgehead atoms. The van der Waals surface area contributed by atoms with Crippen molar-refractivity contribution in [2.24, 2.45) is 0 Å². The Labute approximate surface area is 253 Å². The molecule has 0 N–H and O–H groups in total. The number of allylic oxidation sites excluding steroid dienone is 1. The largest absolute Gasteiger partial charge is 0.456 e. The summed E-state index contributed by atoms with van der Waals surface area (Å²) in [4.78, 5) is 15.0. The van der Waals surface area contributed by atoms with Gasteiger partial charge in [-0.1, -0.05) is 91.0 Å². The first kappa shape index (κ1) is 24.8. The number of aromatic nitrogens is 4. The van der Waals surface area contributed by atoms with Crippen LogP contribution in [0.1, 0.15) is 17.7 Å². The molecule has 5 nitrogen and oxygen atoms in total. The highest BCUT2D eigenvalue weighted by atomic mass is 16.3. The number of nitrogens with zero attached hydrogens (tertiary/aromatic N) is 4. The highest BCUT2D eigenvalue weighted by Crippen LogP contribution is 2.36. The molecule has 3 heterocycles. The fourth-order valence-electron chi connectivity index (χ4n) is 6.46. The predicted molar refractivity (Wildman–Crippen MR) is 178 cm³/mol. The Morgan fingerprint density at radius 1 is 0.545 bits per heavy atom. The maximum Gasteiger partial charge on any atom is 0.164 e. The third-order valence-corrected chi connectivity index (χ3v) is 8.52. The van der Waals surface area contributed by atoms with Crippen LogP contribution in [0, 0.1) is 0 Å². The summed E-state index contributed by atoms with van der Waals surface area (Å²) in [5.74, 6) is 1.86. The number of fused-ring (bicyclic) bond motifs is 6. The van der Waals surface area contributed by atoms with Crippen molar-refractivity contribution in [3.05, 3.63) is 139 Å². The van der Waals surface area contributed by atoms with Gasteiger partial charge in [-0.05, 0) is 60.9 Å². The average molecular weight is 567 g/mol. The minimum Gasteiger partial charge on any atom is -0.456 e. The molecule has 0 unspecified atom stereocenters. The fraction of sp³-hybridized carbons (Fsp3) is 0.0513. The van der Waals surface area contributed by atoms with Crippen molar-refractivity contribution in [1.29, 1.82) is 0 Å². The van der Waals surface area contributed by atoms with Crippen LogP contribution in [-0.4, -0.2) is 19.5 Å². The summed E-state index contributed by atoms with van der Waals surface area (Å²) in [6.07, 6.45) is 6.64. The minimum atomic E-state index is 0.605. The standard InChI is InChI=1S/C39H26N4O/c1-2-11-25(12-3-1)37-40-38(42-39(41-37)27-21-22-32-31-17-6-9-20-35(31)44-36(32)24-27)26-13-10-14-28(23-26)43-33-18-7-4-15-29(33)30-16-5-8-19-34(30)43/h1-4,6-15,17-24H,5,16H2. The Morgan fingerprint density at radius 2 is 1.23 bits per heavy atom. The lowest BCUT2D eigenvalue weighted by atomic mass is 10.0. The Hall–Kier alpha value is -5.81. The van der Waals surface area contributed by atoms with E-state index in [0.717, 1.165) is 57.2 Å². The Bertz CT molecular complexity index is 2400. The minimum absolute atomic E-state index is 0.605. The second-order valence-electron chi connectivity index (χ2n) is 11.2. The van der Waals surface area contributed by atoms with E-state index in [4.69, 9.17) is 19.4 Å². The molecule has 5 aromatic carbocycles. The molecule has 8 aromatic rings. The Morgan fingerprint density at radius 3 is 2.09 bits per heavy atom. The number of furan rings is 1. The lowest BCUT2D eigenvalue weighted by Crippen LogP contribution is -2.02. The smallest absolute Gasteiger partial charge is 0.164 e. The van der Waals surface area contributed by atoms with Crippen LogP contribution < -0.4 is 0 Å². The fourth-order valence-corrected chi connectivity index (χ4v) is 6.46. The molecule has 9 rings (SSSR count).